The summed E-state index contributed by atoms with van der Waals surface area (Å²) < 4.78 is 26.7. The lowest BCUT2D eigenvalue weighted by molar-refractivity contribution is -0.384. The average molecular weight is 622 g/mol. The van der Waals surface area contributed by atoms with E-state index in [-0.39, 0.29) is 29.4 Å². The Morgan fingerprint density at radius 1 is 1.00 bits per heavy atom. The van der Waals surface area contributed by atoms with E-state index in [9.17, 15) is 28.1 Å². The minimum absolute atomic E-state index is 0.0119. The SMILES string of the molecule is CCNC(=O)[C@H](Cc1ccccc1)N(Cc1ccc(Cl)c(Cl)c1)C(=O)CN(c1cc([N+](=O)[O-])ccc1C)S(C)(=O)=O. The van der Waals surface area contributed by atoms with E-state index < -0.39 is 39.3 Å². The van der Waals surface area contributed by atoms with Crippen LogP contribution in [0.15, 0.2) is 66.7 Å². The lowest BCUT2D eigenvalue weighted by Gasteiger charge is -2.33. The number of anilines is 1. The number of halogens is 2. The van der Waals surface area contributed by atoms with E-state index in [4.69, 9.17) is 23.2 Å². The van der Waals surface area contributed by atoms with Gasteiger partial charge in [0, 0.05) is 31.6 Å². The number of carbonyl (C=O) groups excluding carboxylic acids is 2. The molecule has 0 aliphatic rings. The van der Waals surface area contributed by atoms with Gasteiger partial charge < -0.3 is 10.2 Å². The fraction of sp³-hybridized carbons (Fsp3) is 0.286. The number of hydrogen-bond donors (Lipinski definition) is 1. The third kappa shape index (κ3) is 8.42. The number of carbonyl (C=O) groups is 2. The van der Waals surface area contributed by atoms with E-state index in [0.29, 0.717) is 22.7 Å². The predicted molar refractivity (Wildman–Crippen MR) is 160 cm³/mol. The van der Waals surface area contributed by atoms with Crippen molar-refractivity contribution in [3.63, 3.8) is 0 Å². The monoisotopic (exact) mass is 620 g/mol. The van der Waals surface area contributed by atoms with E-state index in [2.05, 4.69) is 5.32 Å². The first-order chi connectivity index (χ1) is 19.3. The summed E-state index contributed by atoms with van der Waals surface area (Å²) in [5.41, 5.74) is 1.41. The van der Waals surface area contributed by atoms with Crippen molar-refractivity contribution in [2.24, 2.45) is 0 Å². The zero-order valence-corrected chi connectivity index (χ0v) is 25.0. The van der Waals surface area contributed by atoms with Crippen molar-refractivity contribution in [3.8, 4) is 0 Å². The van der Waals surface area contributed by atoms with Crippen LogP contribution in [0.5, 0.6) is 0 Å². The Morgan fingerprint density at radius 3 is 2.27 bits per heavy atom. The molecule has 1 N–H and O–H groups in total. The number of nitrogens with one attached hydrogen (secondary N) is 1. The van der Waals surface area contributed by atoms with Crippen LogP contribution in [0, 0.1) is 17.0 Å². The number of rotatable bonds is 12. The van der Waals surface area contributed by atoms with Crippen molar-refractivity contribution in [3.05, 3.63) is 104 Å². The van der Waals surface area contributed by atoms with Gasteiger partial charge in [-0.3, -0.25) is 24.0 Å². The molecular formula is C28H30Cl2N4O6S. The maximum atomic E-state index is 14.0. The van der Waals surface area contributed by atoms with Crippen molar-refractivity contribution >= 4 is 56.4 Å². The zero-order chi connectivity index (χ0) is 30.3. The van der Waals surface area contributed by atoms with Crippen LogP contribution in [-0.2, 0) is 32.6 Å². The predicted octanol–water partition coefficient (Wildman–Crippen LogP) is 4.75. The van der Waals surface area contributed by atoms with Gasteiger partial charge in [0.15, 0.2) is 0 Å². The smallest absolute Gasteiger partial charge is 0.271 e. The molecule has 0 radical (unpaired) electrons. The lowest BCUT2D eigenvalue weighted by Crippen LogP contribution is -2.53. The Balaban J connectivity index is 2.11. The number of nitro groups is 1. The molecule has 0 fully saturated rings. The number of benzene rings is 3. The molecule has 3 aromatic carbocycles. The van der Waals surface area contributed by atoms with Gasteiger partial charge in [0.05, 0.1) is 26.9 Å². The summed E-state index contributed by atoms with van der Waals surface area (Å²) in [6, 6.07) is 16.6. The molecule has 10 nitrogen and oxygen atoms in total. The van der Waals surface area contributed by atoms with Crippen molar-refractivity contribution < 1.29 is 22.9 Å². The lowest BCUT2D eigenvalue weighted by atomic mass is 10.0. The molecule has 41 heavy (non-hydrogen) atoms. The third-order valence-corrected chi connectivity index (χ3v) is 8.18. The van der Waals surface area contributed by atoms with Crippen molar-refractivity contribution in [1.29, 1.82) is 0 Å². The molecule has 1 atom stereocenters. The van der Waals surface area contributed by atoms with E-state index in [1.165, 1.54) is 17.0 Å². The number of nitrogens with zero attached hydrogens (tertiary/aromatic N) is 3. The molecular weight excluding hydrogens is 591 g/mol. The molecule has 0 aromatic heterocycles. The molecule has 0 unspecified atom stereocenters. The second kappa shape index (κ2) is 13.8. The number of aryl methyl sites for hydroxylation is 1. The normalized spacial score (nSPS) is 11.9. The van der Waals surface area contributed by atoms with E-state index in [1.54, 1.807) is 32.0 Å². The third-order valence-electron chi connectivity index (χ3n) is 6.31. The molecule has 0 aliphatic heterocycles. The highest BCUT2D eigenvalue weighted by Crippen LogP contribution is 2.29. The average Bonchev–Trinajstić information content (AvgIpc) is 2.91. The molecule has 0 saturated carbocycles. The molecule has 218 valence electrons. The molecule has 0 aliphatic carbocycles. The highest BCUT2D eigenvalue weighted by Gasteiger charge is 2.33. The standard InChI is InChI=1S/C28H30Cl2N4O6S/c1-4-31-28(36)26(15-20-8-6-5-7-9-20)32(17-21-11-13-23(29)24(30)14-21)27(35)18-33(41(3,39)40)25-16-22(34(37)38)12-10-19(25)2/h5-14,16,26H,4,15,17-18H2,1-3H3,(H,31,36)/t26-/m0/s1. The van der Waals surface area contributed by atoms with Gasteiger partial charge in [-0.25, -0.2) is 8.42 Å². The van der Waals surface area contributed by atoms with Crippen LogP contribution < -0.4 is 9.62 Å². The molecule has 0 saturated heterocycles. The number of amides is 2. The highest BCUT2D eigenvalue weighted by atomic mass is 35.5. The van der Waals surface area contributed by atoms with E-state index in [1.807, 2.05) is 30.3 Å². The van der Waals surface area contributed by atoms with Crippen molar-refractivity contribution in [2.75, 3.05) is 23.7 Å². The summed E-state index contributed by atoms with van der Waals surface area (Å²) in [7, 11) is -4.09. The second-order valence-electron chi connectivity index (χ2n) is 9.37. The summed E-state index contributed by atoms with van der Waals surface area (Å²) in [6.45, 7) is 2.85. The summed E-state index contributed by atoms with van der Waals surface area (Å²) in [4.78, 5) is 39.5. The number of hydrogen-bond acceptors (Lipinski definition) is 6. The highest BCUT2D eigenvalue weighted by molar-refractivity contribution is 7.92. The van der Waals surface area contributed by atoms with Crippen LogP contribution in [0.25, 0.3) is 0 Å². The Bertz CT molecular complexity index is 1540. The number of non-ortho nitro benzene ring substituents is 1. The summed E-state index contributed by atoms with van der Waals surface area (Å²) >= 11 is 12.3. The van der Waals surface area contributed by atoms with E-state index >= 15 is 0 Å². The maximum Gasteiger partial charge on any atom is 0.271 e. The number of sulfonamides is 1. The topological polar surface area (TPSA) is 130 Å². The van der Waals surface area contributed by atoms with Gasteiger partial charge in [0.25, 0.3) is 5.69 Å². The molecule has 3 aromatic rings. The first kappa shape index (κ1) is 31.9. The summed E-state index contributed by atoms with van der Waals surface area (Å²) in [5.74, 6) is -1.12. The van der Waals surface area contributed by atoms with E-state index in [0.717, 1.165) is 22.2 Å². The molecule has 0 spiro atoms. The molecule has 0 bridgehead atoms. The Hall–Kier alpha value is -3.67. The van der Waals surface area contributed by atoms with Gasteiger partial charge in [-0.15, -0.1) is 0 Å². The van der Waals surface area contributed by atoms with Gasteiger partial charge in [-0.2, -0.15) is 0 Å². The number of likely N-dealkylation sites (N-methyl/N-ethyl adjacent to an activating group) is 1. The fourth-order valence-corrected chi connectivity index (χ4v) is 5.48. The van der Waals surface area contributed by atoms with Crippen molar-refractivity contribution in [2.45, 2.75) is 32.9 Å². The quantitative estimate of drug-likeness (QED) is 0.230. The van der Waals surface area contributed by atoms with Gasteiger partial charge in [0.1, 0.15) is 12.6 Å². The zero-order valence-electron chi connectivity index (χ0n) is 22.7. The minimum Gasteiger partial charge on any atom is -0.355 e. The summed E-state index contributed by atoms with van der Waals surface area (Å²) in [5, 5.41) is 14.7. The molecule has 3 rings (SSSR count). The Kier molecular flexibility index (Phi) is 10.7. The van der Waals surface area contributed by atoms with Crippen LogP contribution in [0.4, 0.5) is 11.4 Å². The second-order valence-corrected chi connectivity index (χ2v) is 12.1. The van der Waals surface area contributed by atoms with Gasteiger partial charge in [0.2, 0.25) is 21.8 Å². The fourth-order valence-electron chi connectivity index (χ4n) is 4.26. The van der Waals surface area contributed by atoms with Crippen LogP contribution in [-0.4, -0.2) is 55.4 Å². The maximum absolute atomic E-state index is 14.0. The molecule has 0 heterocycles. The largest absolute Gasteiger partial charge is 0.355 e. The number of nitro benzene ring substituents is 1. The van der Waals surface area contributed by atoms with Crippen LogP contribution >= 0.6 is 23.2 Å². The van der Waals surface area contributed by atoms with Gasteiger partial charge in [-0.1, -0.05) is 65.7 Å². The van der Waals surface area contributed by atoms with Crippen LogP contribution in [0.2, 0.25) is 10.0 Å². The van der Waals surface area contributed by atoms with Gasteiger partial charge in [-0.05, 0) is 42.7 Å². The molecule has 13 heteroatoms. The van der Waals surface area contributed by atoms with Crippen LogP contribution in [0.3, 0.4) is 0 Å². The van der Waals surface area contributed by atoms with Crippen LogP contribution in [0.1, 0.15) is 23.6 Å². The Morgan fingerprint density at radius 2 is 1.68 bits per heavy atom. The minimum atomic E-state index is -4.09. The first-order valence-electron chi connectivity index (χ1n) is 12.6. The molecule has 2 amide bonds. The van der Waals surface area contributed by atoms with Gasteiger partial charge >= 0.3 is 0 Å². The summed E-state index contributed by atoms with van der Waals surface area (Å²) in [6.07, 6.45) is 1.06. The first-order valence-corrected chi connectivity index (χ1v) is 15.2. The van der Waals surface area contributed by atoms with Crippen molar-refractivity contribution in [1.82, 2.24) is 10.2 Å². The Labute approximate surface area is 249 Å².